The van der Waals surface area contributed by atoms with Crippen molar-refractivity contribution in [2.45, 2.75) is 0 Å². The molecule has 0 aromatic rings. The molecule has 0 fully saturated rings. The average Bonchev–Trinajstić information content (AvgIpc) is 1.61. The second kappa shape index (κ2) is 4.05. The average molecular weight is 105 g/mol. The largest absolute Gasteiger partial charge is 0.634 e. The molecule has 0 bridgehead atoms. The van der Waals surface area contributed by atoms with Crippen molar-refractivity contribution in [1.29, 1.82) is 0 Å². The molecule has 7 heavy (non-hydrogen) atoms. The maximum atomic E-state index is 10.1. The van der Waals surface area contributed by atoms with Gasteiger partial charge in [0.25, 0.3) is 0 Å². The number of hydrogen-bond acceptors (Lipinski definition) is 2. The van der Waals surface area contributed by atoms with Crippen molar-refractivity contribution in [1.82, 2.24) is 0 Å². The van der Waals surface area contributed by atoms with Gasteiger partial charge in [0, 0.05) is 7.11 Å². The third-order valence-electron chi connectivity index (χ3n) is 0.658. The number of likely N-dealkylation sites (N-methyl/N-ethyl adjacent to an activating group) is 1. The van der Waals surface area contributed by atoms with E-state index in [1.807, 2.05) is 0 Å². The molecule has 3 nitrogen and oxygen atoms in total. The summed E-state index contributed by atoms with van der Waals surface area (Å²) in [4.78, 5) is 0. The maximum absolute atomic E-state index is 10.1. The number of methoxy groups -OCH3 is 1. The zero-order valence-corrected chi connectivity index (χ0v) is 4.73. The monoisotopic (exact) mass is 105 g/mol. The molecule has 0 saturated heterocycles. The van der Waals surface area contributed by atoms with Crippen LogP contribution in [0.1, 0.15) is 0 Å². The number of hydroxylamine groups is 2. The number of hydrogen-bond donors (Lipinski definition) is 1. The van der Waals surface area contributed by atoms with Gasteiger partial charge < -0.3 is 15.0 Å². The molecule has 0 radical (unpaired) electrons. The van der Waals surface area contributed by atoms with E-state index in [-0.39, 0.29) is 5.06 Å². The predicted octanol–water partition coefficient (Wildman–Crippen LogP) is -1.35. The Balaban J connectivity index is 2.68. The summed E-state index contributed by atoms with van der Waals surface area (Å²) in [6.07, 6.45) is 0. The Morgan fingerprint density at radius 3 is 2.43 bits per heavy atom. The van der Waals surface area contributed by atoms with Crippen LogP contribution in [0, 0.1) is 5.21 Å². The van der Waals surface area contributed by atoms with E-state index < -0.39 is 0 Å². The molecule has 0 aliphatic rings. The quantitative estimate of drug-likeness (QED) is 0.450. The van der Waals surface area contributed by atoms with E-state index in [1.165, 1.54) is 0 Å². The molecular formula is C4H11NO2. The fraction of sp³-hybridized carbons (Fsp3) is 1.00. The summed E-state index contributed by atoms with van der Waals surface area (Å²) in [7, 11) is 3.14. The van der Waals surface area contributed by atoms with E-state index in [0.29, 0.717) is 13.2 Å². The molecule has 1 unspecified atom stereocenters. The van der Waals surface area contributed by atoms with Gasteiger partial charge >= 0.3 is 0 Å². The Morgan fingerprint density at radius 2 is 2.29 bits per heavy atom. The van der Waals surface area contributed by atoms with Crippen LogP contribution < -0.4 is 5.06 Å². The molecule has 0 aliphatic carbocycles. The Morgan fingerprint density at radius 1 is 1.71 bits per heavy atom. The third-order valence-corrected chi connectivity index (χ3v) is 0.658. The highest BCUT2D eigenvalue weighted by Crippen LogP contribution is 1.54. The van der Waals surface area contributed by atoms with E-state index in [1.54, 1.807) is 14.2 Å². The predicted molar refractivity (Wildman–Crippen MR) is 27.0 cm³/mol. The highest BCUT2D eigenvalue weighted by Gasteiger charge is 1.82. The minimum absolute atomic E-state index is 0.182. The molecule has 0 amide bonds. The van der Waals surface area contributed by atoms with Crippen molar-refractivity contribution in [2.75, 3.05) is 27.3 Å². The zero-order chi connectivity index (χ0) is 5.70. The molecule has 0 rings (SSSR count). The van der Waals surface area contributed by atoms with E-state index in [4.69, 9.17) is 0 Å². The Bertz CT molecular complexity index is 38.7. The molecule has 0 aromatic heterocycles. The first-order valence-corrected chi connectivity index (χ1v) is 2.25. The highest BCUT2D eigenvalue weighted by atomic mass is 16.5. The highest BCUT2D eigenvalue weighted by molar-refractivity contribution is 4.19. The molecule has 0 aliphatic heterocycles. The van der Waals surface area contributed by atoms with E-state index >= 15 is 0 Å². The van der Waals surface area contributed by atoms with Gasteiger partial charge in [-0.15, -0.1) is 0 Å². The summed E-state index contributed by atoms with van der Waals surface area (Å²) in [6.45, 7) is 1.09. The molecular weight excluding hydrogens is 94.0 g/mol. The van der Waals surface area contributed by atoms with Crippen LogP contribution in [0.25, 0.3) is 0 Å². The molecule has 0 saturated carbocycles. The first kappa shape index (κ1) is 6.88. The fourth-order valence-corrected chi connectivity index (χ4v) is 0.246. The Hall–Kier alpha value is -0.120. The molecule has 44 valence electrons. The van der Waals surface area contributed by atoms with Crippen LogP contribution in [0.3, 0.4) is 0 Å². The normalized spacial score (nSPS) is 14.1. The lowest BCUT2D eigenvalue weighted by atomic mass is 10.7. The van der Waals surface area contributed by atoms with Gasteiger partial charge in [-0.1, -0.05) is 0 Å². The minimum atomic E-state index is 0.182. The SMILES string of the molecule is COCC[NH+](C)[O-]. The van der Waals surface area contributed by atoms with Gasteiger partial charge in [-0.05, 0) is 0 Å². The Kier molecular flexibility index (Phi) is 3.98. The summed E-state index contributed by atoms with van der Waals surface area (Å²) in [6, 6.07) is 0. The Labute approximate surface area is 43.5 Å². The van der Waals surface area contributed by atoms with Crippen LogP contribution >= 0.6 is 0 Å². The van der Waals surface area contributed by atoms with E-state index in [2.05, 4.69) is 4.74 Å². The summed E-state index contributed by atoms with van der Waals surface area (Å²) in [5.74, 6) is 0. The van der Waals surface area contributed by atoms with Crippen LogP contribution in [0.2, 0.25) is 0 Å². The van der Waals surface area contributed by atoms with Crippen molar-refractivity contribution >= 4 is 0 Å². The molecule has 3 heteroatoms. The van der Waals surface area contributed by atoms with Crippen LogP contribution in [-0.2, 0) is 4.74 Å². The van der Waals surface area contributed by atoms with Gasteiger partial charge in [-0.25, -0.2) is 0 Å². The summed E-state index contributed by atoms with van der Waals surface area (Å²) in [5, 5.41) is 10.3. The van der Waals surface area contributed by atoms with Gasteiger partial charge in [0.05, 0.1) is 13.7 Å². The maximum Gasteiger partial charge on any atom is 0.100 e. The van der Waals surface area contributed by atoms with Crippen LogP contribution in [-0.4, -0.2) is 27.3 Å². The standard InChI is InChI=1S/C4H11NO2/c1-5(6)3-4-7-2/h5H,3-4H2,1-2H3. The van der Waals surface area contributed by atoms with Crippen molar-refractivity contribution in [3.05, 3.63) is 5.21 Å². The van der Waals surface area contributed by atoms with Crippen molar-refractivity contribution in [2.24, 2.45) is 0 Å². The minimum Gasteiger partial charge on any atom is -0.634 e. The number of quaternary nitrogens is 1. The zero-order valence-electron chi connectivity index (χ0n) is 4.73. The van der Waals surface area contributed by atoms with Crippen LogP contribution in [0.15, 0.2) is 0 Å². The third kappa shape index (κ3) is 5.88. The topological polar surface area (TPSA) is 36.7 Å². The smallest absolute Gasteiger partial charge is 0.100 e. The molecule has 1 atom stereocenters. The molecule has 0 aromatic carbocycles. The lowest BCUT2D eigenvalue weighted by Gasteiger charge is -2.14. The number of rotatable bonds is 3. The summed E-state index contributed by atoms with van der Waals surface area (Å²) < 4.78 is 4.63. The van der Waals surface area contributed by atoms with Crippen LogP contribution in [0.5, 0.6) is 0 Å². The number of nitrogens with one attached hydrogen (secondary N) is 1. The van der Waals surface area contributed by atoms with Gasteiger partial charge in [-0.2, -0.15) is 0 Å². The first-order valence-electron chi connectivity index (χ1n) is 2.25. The van der Waals surface area contributed by atoms with Crippen molar-refractivity contribution < 1.29 is 9.80 Å². The fourth-order valence-electron chi connectivity index (χ4n) is 0.246. The van der Waals surface area contributed by atoms with Crippen molar-refractivity contribution in [3.63, 3.8) is 0 Å². The second-order valence-electron chi connectivity index (χ2n) is 1.44. The van der Waals surface area contributed by atoms with Gasteiger partial charge in [0.1, 0.15) is 6.54 Å². The summed E-state index contributed by atoms with van der Waals surface area (Å²) in [5.41, 5.74) is 0. The summed E-state index contributed by atoms with van der Waals surface area (Å²) >= 11 is 0. The van der Waals surface area contributed by atoms with Gasteiger partial charge in [0.2, 0.25) is 0 Å². The van der Waals surface area contributed by atoms with Crippen molar-refractivity contribution in [3.8, 4) is 0 Å². The van der Waals surface area contributed by atoms with Crippen LogP contribution in [0.4, 0.5) is 0 Å². The van der Waals surface area contributed by atoms with E-state index in [0.717, 1.165) is 0 Å². The first-order chi connectivity index (χ1) is 3.27. The second-order valence-corrected chi connectivity index (χ2v) is 1.44. The number of ether oxygens (including phenoxy) is 1. The molecule has 1 N–H and O–H groups in total. The molecule has 0 spiro atoms. The lowest BCUT2D eigenvalue weighted by Crippen LogP contribution is -3.04. The van der Waals surface area contributed by atoms with Gasteiger partial charge in [0.15, 0.2) is 0 Å². The van der Waals surface area contributed by atoms with E-state index in [9.17, 15) is 5.21 Å². The van der Waals surface area contributed by atoms with Gasteiger partial charge in [-0.3, -0.25) is 0 Å². The lowest BCUT2D eigenvalue weighted by molar-refractivity contribution is -0.826. The molecule has 0 heterocycles.